The van der Waals surface area contributed by atoms with Crippen LogP contribution in [0.5, 0.6) is 0 Å². The monoisotopic (exact) mass is 206 g/mol. The molecule has 4 N–H and O–H groups in total. The Labute approximate surface area is 96.1 Å². The summed E-state index contributed by atoms with van der Waals surface area (Å²) in [5.41, 5.74) is 0. The van der Waals surface area contributed by atoms with Crippen molar-refractivity contribution >= 4 is 11.9 Å². The van der Waals surface area contributed by atoms with Gasteiger partial charge in [-0.25, -0.2) is 9.59 Å². The Balaban J connectivity index is -0.000000135. The van der Waals surface area contributed by atoms with Crippen molar-refractivity contribution < 1.29 is 72.0 Å². The molecule has 0 radical (unpaired) electrons. The van der Waals surface area contributed by atoms with Gasteiger partial charge in [0.25, 0.3) is 0 Å². The van der Waals surface area contributed by atoms with Gasteiger partial charge in [0.1, 0.15) is 0 Å². The van der Waals surface area contributed by atoms with E-state index in [1.807, 2.05) is 0 Å². The summed E-state index contributed by atoms with van der Waals surface area (Å²) in [5.74, 6) is -3.54. The maximum absolute atomic E-state index is 9.77. The first kappa shape index (κ1) is 18.1. The first-order valence-electron chi connectivity index (χ1n) is 2.28. The third kappa shape index (κ3) is 5.78. The minimum Gasteiger partial charge on any atom is -1.00 e. The smallest absolute Gasteiger partial charge is 1.00 e. The van der Waals surface area contributed by atoms with Crippen molar-refractivity contribution in [2.24, 2.45) is 0 Å². The fraction of sp³-hybridized carbons (Fsp3) is 0.500. The predicted molar refractivity (Wildman–Crippen MR) is 28.4 cm³/mol. The average molecular weight is 206 g/mol. The first-order valence-corrected chi connectivity index (χ1v) is 2.28. The first-order chi connectivity index (χ1) is 4.46. The van der Waals surface area contributed by atoms with Crippen molar-refractivity contribution in [1.82, 2.24) is 0 Å². The zero-order valence-corrected chi connectivity index (χ0v) is 7.82. The number of carboxylic acids is 2. The van der Waals surface area contributed by atoms with Gasteiger partial charge in [-0.1, -0.05) is 0 Å². The van der Waals surface area contributed by atoms with Crippen LogP contribution in [0.3, 0.4) is 0 Å². The van der Waals surface area contributed by atoms with E-state index in [-0.39, 0.29) is 42.0 Å². The second kappa shape index (κ2) is 7.80. The Morgan fingerprint density at radius 1 is 1.00 bits per heavy atom. The predicted octanol–water partition coefficient (Wildman–Crippen LogP) is -5.01. The third-order valence-electron chi connectivity index (χ3n) is 0.805. The molecule has 0 fully saturated rings. The summed E-state index contributed by atoms with van der Waals surface area (Å²) in [6.07, 6.45) is -4.53. The standard InChI is InChI=1S/C4H6O6.Li.Ti.H/c5-1(3(7)8)2(6)4(9)10;;;/h1-2,5-6H,(H,7,8)(H,9,10);;;/q;+1;;-1. The molecule has 2 atom stereocenters. The molecule has 8 heteroatoms. The normalized spacial score (nSPS) is 13.2. The number of hydrogen-bond donors (Lipinski definition) is 4. The molecule has 0 saturated carbocycles. The second-order valence-corrected chi connectivity index (χ2v) is 1.57. The second-order valence-electron chi connectivity index (χ2n) is 1.57. The van der Waals surface area contributed by atoms with Gasteiger partial charge in [-0.2, -0.15) is 0 Å². The van der Waals surface area contributed by atoms with Crippen molar-refractivity contribution in [3.05, 3.63) is 0 Å². The van der Waals surface area contributed by atoms with Crippen molar-refractivity contribution in [2.75, 3.05) is 0 Å². The van der Waals surface area contributed by atoms with E-state index in [1.165, 1.54) is 0 Å². The number of aliphatic hydroxyl groups is 2. The van der Waals surface area contributed by atoms with Crippen LogP contribution in [0, 0.1) is 0 Å². The molecule has 0 rings (SSSR count). The molecule has 64 valence electrons. The van der Waals surface area contributed by atoms with Crippen molar-refractivity contribution in [3.8, 4) is 0 Å². The Morgan fingerprint density at radius 2 is 1.17 bits per heavy atom. The van der Waals surface area contributed by atoms with Crippen molar-refractivity contribution in [3.63, 3.8) is 0 Å². The van der Waals surface area contributed by atoms with Crippen LogP contribution < -0.4 is 18.9 Å². The maximum Gasteiger partial charge on any atom is 1.00 e. The van der Waals surface area contributed by atoms with Gasteiger partial charge in [-0.05, 0) is 0 Å². The number of aliphatic hydroxyl groups excluding tert-OH is 2. The van der Waals surface area contributed by atoms with Crippen LogP contribution in [-0.2, 0) is 31.3 Å². The molecule has 0 heterocycles. The molecule has 6 nitrogen and oxygen atoms in total. The van der Waals surface area contributed by atoms with Crippen LogP contribution in [-0.4, -0.2) is 44.6 Å². The van der Waals surface area contributed by atoms with E-state index in [2.05, 4.69) is 0 Å². The van der Waals surface area contributed by atoms with Crippen molar-refractivity contribution in [2.45, 2.75) is 12.2 Å². The number of carboxylic acid groups (broad SMARTS) is 2. The molecule has 0 aliphatic heterocycles. The quantitative estimate of drug-likeness (QED) is 0.343. The van der Waals surface area contributed by atoms with Crippen LogP contribution in [0.2, 0.25) is 0 Å². The van der Waals surface area contributed by atoms with Gasteiger partial charge in [-0.3, -0.25) is 0 Å². The van der Waals surface area contributed by atoms with Crippen LogP contribution in [0.1, 0.15) is 1.43 Å². The Kier molecular flexibility index (Phi) is 11.7. The third-order valence-corrected chi connectivity index (χ3v) is 0.805. The Hall–Kier alpha value is 0.172. The topological polar surface area (TPSA) is 115 Å². The molecule has 0 aromatic carbocycles. The molecular weight excluding hydrogens is 199 g/mol. The number of hydrogen-bond acceptors (Lipinski definition) is 4. The number of rotatable bonds is 3. The minimum absolute atomic E-state index is 0. The zero-order chi connectivity index (χ0) is 8.31. The van der Waals surface area contributed by atoms with Gasteiger partial charge < -0.3 is 21.9 Å². The average Bonchev–Trinajstić information content (AvgIpc) is 1.84. The molecule has 2 unspecified atom stereocenters. The van der Waals surface area contributed by atoms with Crippen LogP contribution in [0.15, 0.2) is 0 Å². The Morgan fingerprint density at radius 3 is 1.25 bits per heavy atom. The molecule has 0 saturated heterocycles. The van der Waals surface area contributed by atoms with E-state index in [1.54, 1.807) is 0 Å². The fourth-order valence-electron chi connectivity index (χ4n) is 0.270. The molecule has 0 aromatic rings. The van der Waals surface area contributed by atoms with E-state index >= 15 is 0 Å². The molecule has 0 aliphatic carbocycles. The summed E-state index contributed by atoms with van der Waals surface area (Å²) in [7, 11) is 0. The van der Waals surface area contributed by atoms with Crippen LogP contribution >= 0.6 is 0 Å². The summed E-state index contributed by atoms with van der Waals surface area (Å²) in [4.78, 5) is 19.5. The van der Waals surface area contributed by atoms with Crippen molar-refractivity contribution in [1.29, 1.82) is 0 Å². The zero-order valence-electron chi connectivity index (χ0n) is 7.26. The SMILES string of the molecule is O=C(O)C(O)C(O)C(=O)O.[H-].[Li+].[Ti]. The molecule has 0 aromatic heterocycles. The molecule has 0 amide bonds. The minimum atomic E-state index is -2.27. The van der Waals surface area contributed by atoms with Gasteiger partial charge in [0.2, 0.25) is 0 Å². The fourth-order valence-corrected chi connectivity index (χ4v) is 0.270. The van der Waals surface area contributed by atoms with Crippen LogP contribution in [0.4, 0.5) is 0 Å². The van der Waals surface area contributed by atoms with E-state index < -0.39 is 24.1 Å². The summed E-state index contributed by atoms with van der Waals surface area (Å²) in [6.45, 7) is 0. The van der Waals surface area contributed by atoms with E-state index in [4.69, 9.17) is 20.4 Å². The Bertz CT molecular complexity index is 149. The van der Waals surface area contributed by atoms with Gasteiger partial charge in [0.15, 0.2) is 12.2 Å². The molecular formula is C4H7LiO6Ti. The van der Waals surface area contributed by atoms with Gasteiger partial charge in [0, 0.05) is 21.7 Å². The summed E-state index contributed by atoms with van der Waals surface area (Å²) in [6, 6.07) is 0. The maximum atomic E-state index is 9.77. The van der Waals surface area contributed by atoms with E-state index in [0.717, 1.165) is 0 Å². The van der Waals surface area contributed by atoms with Gasteiger partial charge in [-0.15, -0.1) is 0 Å². The summed E-state index contributed by atoms with van der Waals surface area (Å²) >= 11 is 0. The van der Waals surface area contributed by atoms with Crippen LogP contribution in [0.25, 0.3) is 0 Å². The van der Waals surface area contributed by atoms with E-state index in [9.17, 15) is 9.59 Å². The molecule has 0 bridgehead atoms. The van der Waals surface area contributed by atoms with Gasteiger partial charge >= 0.3 is 30.8 Å². The molecule has 12 heavy (non-hydrogen) atoms. The summed E-state index contributed by atoms with van der Waals surface area (Å²) in [5, 5.41) is 32.5. The summed E-state index contributed by atoms with van der Waals surface area (Å²) < 4.78 is 0. The van der Waals surface area contributed by atoms with E-state index in [0.29, 0.717) is 0 Å². The largest absolute Gasteiger partial charge is 1.00 e. The molecule has 0 spiro atoms. The van der Waals surface area contributed by atoms with Gasteiger partial charge in [0.05, 0.1) is 0 Å². The number of carbonyl (C=O) groups is 2. The number of aliphatic carboxylic acids is 2. The molecule has 0 aliphatic rings.